The van der Waals surface area contributed by atoms with Crippen molar-refractivity contribution in [2.24, 2.45) is 5.92 Å². The first-order valence-corrected chi connectivity index (χ1v) is 10.5. The summed E-state index contributed by atoms with van der Waals surface area (Å²) in [6.07, 6.45) is 5.55. The molecule has 1 aliphatic rings. The van der Waals surface area contributed by atoms with E-state index in [-0.39, 0.29) is 17.6 Å². The standard InChI is InChI=1S/C25H29N3O/c1-18-7-6-10-21(19(18)2)22-11-15-28(16-12-24-26-13-14-27-24)17-23(22)25(29)20-8-4-3-5-9-20/h3-10,13-14,22-23H,11-12,15-17H2,1-2H3,(H,26,27)/t22-,23-/m1/s1. The van der Waals surface area contributed by atoms with Crippen LogP contribution in [0.4, 0.5) is 0 Å². The highest BCUT2D eigenvalue weighted by Crippen LogP contribution is 2.37. The number of rotatable bonds is 6. The van der Waals surface area contributed by atoms with Crippen LogP contribution in [-0.4, -0.2) is 40.3 Å². The minimum absolute atomic E-state index is 0.0248. The highest BCUT2D eigenvalue weighted by Gasteiger charge is 2.36. The average molecular weight is 388 g/mol. The van der Waals surface area contributed by atoms with Gasteiger partial charge < -0.3 is 9.88 Å². The van der Waals surface area contributed by atoms with Crippen LogP contribution in [0.15, 0.2) is 60.9 Å². The van der Waals surface area contributed by atoms with Gasteiger partial charge in [0.1, 0.15) is 5.82 Å². The molecule has 0 amide bonds. The Bertz CT molecular complexity index is 949. The average Bonchev–Trinajstić information content (AvgIpc) is 3.28. The van der Waals surface area contributed by atoms with Crippen LogP contribution in [0.5, 0.6) is 0 Å². The van der Waals surface area contributed by atoms with Crippen molar-refractivity contribution >= 4 is 5.78 Å². The predicted octanol–water partition coefficient (Wildman–Crippen LogP) is 4.56. The van der Waals surface area contributed by atoms with Gasteiger partial charge in [0.15, 0.2) is 5.78 Å². The number of hydrogen-bond acceptors (Lipinski definition) is 3. The SMILES string of the molecule is Cc1cccc([C@H]2CCN(CCc3ncc[nH]3)C[C@H]2C(=O)c2ccccc2)c1C. The number of aromatic nitrogens is 2. The van der Waals surface area contributed by atoms with Gasteiger partial charge in [-0.05, 0) is 49.4 Å². The maximum Gasteiger partial charge on any atom is 0.167 e. The summed E-state index contributed by atoms with van der Waals surface area (Å²) < 4.78 is 0. The predicted molar refractivity (Wildman–Crippen MR) is 116 cm³/mol. The molecule has 1 aromatic heterocycles. The summed E-state index contributed by atoms with van der Waals surface area (Å²) in [5, 5.41) is 0. The topological polar surface area (TPSA) is 49.0 Å². The van der Waals surface area contributed by atoms with Crippen molar-refractivity contribution in [3.63, 3.8) is 0 Å². The van der Waals surface area contributed by atoms with Crippen LogP contribution in [0, 0.1) is 19.8 Å². The van der Waals surface area contributed by atoms with Gasteiger partial charge in [-0.1, -0.05) is 48.5 Å². The Morgan fingerprint density at radius 3 is 2.72 bits per heavy atom. The molecule has 2 atom stereocenters. The second-order valence-electron chi connectivity index (χ2n) is 8.11. The number of hydrogen-bond donors (Lipinski definition) is 1. The summed E-state index contributed by atoms with van der Waals surface area (Å²) >= 11 is 0. The van der Waals surface area contributed by atoms with Crippen molar-refractivity contribution in [2.75, 3.05) is 19.6 Å². The maximum absolute atomic E-state index is 13.5. The molecule has 1 N–H and O–H groups in total. The number of carbonyl (C=O) groups is 1. The molecule has 2 aromatic carbocycles. The summed E-state index contributed by atoms with van der Waals surface area (Å²) in [5.41, 5.74) is 4.78. The van der Waals surface area contributed by atoms with Crippen molar-refractivity contribution in [3.8, 4) is 0 Å². The van der Waals surface area contributed by atoms with Crippen molar-refractivity contribution in [1.82, 2.24) is 14.9 Å². The van der Waals surface area contributed by atoms with E-state index < -0.39 is 0 Å². The Labute approximate surface area is 173 Å². The summed E-state index contributed by atoms with van der Waals surface area (Å²) in [4.78, 5) is 23.5. The molecule has 0 spiro atoms. The van der Waals surface area contributed by atoms with Crippen LogP contribution in [-0.2, 0) is 6.42 Å². The first-order valence-electron chi connectivity index (χ1n) is 10.5. The van der Waals surface area contributed by atoms with Gasteiger partial charge in [0.05, 0.1) is 0 Å². The van der Waals surface area contributed by atoms with Crippen molar-refractivity contribution in [2.45, 2.75) is 32.6 Å². The molecule has 4 heteroatoms. The molecule has 0 radical (unpaired) electrons. The van der Waals surface area contributed by atoms with Crippen LogP contribution in [0.2, 0.25) is 0 Å². The minimum Gasteiger partial charge on any atom is -0.349 e. The van der Waals surface area contributed by atoms with Crippen LogP contribution in [0.3, 0.4) is 0 Å². The number of aryl methyl sites for hydroxylation is 1. The molecule has 3 aromatic rings. The molecule has 0 bridgehead atoms. The van der Waals surface area contributed by atoms with Crippen LogP contribution >= 0.6 is 0 Å². The molecule has 29 heavy (non-hydrogen) atoms. The Balaban J connectivity index is 1.59. The van der Waals surface area contributed by atoms with E-state index in [1.54, 1.807) is 6.20 Å². The summed E-state index contributed by atoms with van der Waals surface area (Å²) in [6.45, 7) is 7.08. The Morgan fingerprint density at radius 1 is 1.14 bits per heavy atom. The Hall–Kier alpha value is -2.72. The molecule has 1 saturated heterocycles. The van der Waals surface area contributed by atoms with Gasteiger partial charge in [-0.2, -0.15) is 0 Å². The van der Waals surface area contributed by atoms with E-state index >= 15 is 0 Å². The summed E-state index contributed by atoms with van der Waals surface area (Å²) in [6, 6.07) is 16.3. The molecule has 0 unspecified atom stereocenters. The van der Waals surface area contributed by atoms with Crippen molar-refractivity contribution < 1.29 is 4.79 Å². The van der Waals surface area contributed by atoms with Gasteiger partial charge in [0, 0.05) is 43.4 Å². The molecule has 4 rings (SSSR count). The lowest BCUT2D eigenvalue weighted by atomic mass is 9.75. The highest BCUT2D eigenvalue weighted by atomic mass is 16.1. The number of benzene rings is 2. The number of H-pyrrole nitrogens is 1. The Morgan fingerprint density at radius 2 is 1.97 bits per heavy atom. The minimum atomic E-state index is -0.0248. The fraction of sp³-hybridized carbons (Fsp3) is 0.360. The quantitative estimate of drug-likeness (QED) is 0.631. The third kappa shape index (κ3) is 4.33. The zero-order valence-electron chi connectivity index (χ0n) is 17.3. The van der Waals surface area contributed by atoms with Gasteiger partial charge in [-0.25, -0.2) is 4.98 Å². The number of nitrogens with one attached hydrogen (secondary N) is 1. The number of imidazole rings is 1. The third-order valence-corrected chi connectivity index (χ3v) is 6.36. The number of Topliss-reactive ketones (excluding diaryl/α,β-unsaturated/α-hetero) is 1. The second-order valence-corrected chi connectivity index (χ2v) is 8.11. The summed E-state index contributed by atoms with van der Waals surface area (Å²) in [7, 11) is 0. The number of carbonyl (C=O) groups excluding carboxylic acids is 1. The monoisotopic (exact) mass is 387 g/mol. The fourth-order valence-electron chi connectivity index (χ4n) is 4.55. The lowest BCUT2D eigenvalue weighted by Crippen LogP contribution is -2.44. The smallest absolute Gasteiger partial charge is 0.167 e. The summed E-state index contributed by atoms with van der Waals surface area (Å²) in [5.74, 6) is 1.51. The van der Waals surface area contributed by atoms with E-state index in [0.29, 0.717) is 0 Å². The molecule has 1 aliphatic heterocycles. The normalized spacial score (nSPS) is 19.9. The van der Waals surface area contributed by atoms with E-state index in [9.17, 15) is 4.79 Å². The van der Waals surface area contributed by atoms with Crippen molar-refractivity contribution in [3.05, 3.63) is 89.0 Å². The molecule has 0 saturated carbocycles. The van der Waals surface area contributed by atoms with E-state index in [2.05, 4.69) is 46.9 Å². The van der Waals surface area contributed by atoms with E-state index in [0.717, 1.165) is 43.9 Å². The van der Waals surface area contributed by atoms with Gasteiger partial charge in [-0.3, -0.25) is 4.79 Å². The third-order valence-electron chi connectivity index (χ3n) is 6.36. The molecule has 2 heterocycles. The van der Waals surface area contributed by atoms with Crippen LogP contribution < -0.4 is 0 Å². The van der Waals surface area contributed by atoms with Gasteiger partial charge in [-0.15, -0.1) is 0 Å². The van der Waals surface area contributed by atoms with Crippen LogP contribution in [0.1, 0.15) is 45.2 Å². The zero-order valence-corrected chi connectivity index (χ0v) is 17.3. The number of piperidine rings is 1. The highest BCUT2D eigenvalue weighted by molar-refractivity contribution is 5.98. The number of nitrogens with zero attached hydrogens (tertiary/aromatic N) is 2. The fourth-order valence-corrected chi connectivity index (χ4v) is 4.55. The molecule has 150 valence electrons. The zero-order chi connectivity index (χ0) is 20.2. The van der Waals surface area contributed by atoms with Gasteiger partial charge in [0.2, 0.25) is 0 Å². The molecule has 4 nitrogen and oxygen atoms in total. The van der Waals surface area contributed by atoms with Crippen LogP contribution in [0.25, 0.3) is 0 Å². The maximum atomic E-state index is 13.5. The molecular weight excluding hydrogens is 358 g/mol. The van der Waals surface area contributed by atoms with Gasteiger partial charge >= 0.3 is 0 Å². The van der Waals surface area contributed by atoms with E-state index in [1.165, 1.54) is 16.7 Å². The first-order chi connectivity index (χ1) is 14.1. The number of aromatic amines is 1. The lowest BCUT2D eigenvalue weighted by molar-refractivity contribution is 0.0780. The molecule has 1 fully saturated rings. The largest absolute Gasteiger partial charge is 0.349 e. The first kappa shape index (κ1) is 19.6. The molecule has 0 aliphatic carbocycles. The van der Waals surface area contributed by atoms with E-state index in [1.807, 2.05) is 36.5 Å². The second kappa shape index (κ2) is 8.75. The Kier molecular flexibility index (Phi) is 5.91. The van der Waals surface area contributed by atoms with Gasteiger partial charge in [0.25, 0.3) is 0 Å². The number of ketones is 1. The van der Waals surface area contributed by atoms with E-state index in [4.69, 9.17) is 0 Å². The van der Waals surface area contributed by atoms with Crippen molar-refractivity contribution in [1.29, 1.82) is 0 Å². The lowest BCUT2D eigenvalue weighted by Gasteiger charge is -2.39. The number of likely N-dealkylation sites (tertiary alicyclic amines) is 1. The molecular formula is C25H29N3O.